The summed E-state index contributed by atoms with van der Waals surface area (Å²) in [7, 11) is 0. The number of aromatic nitrogens is 4. The molecule has 0 amide bonds. The fourth-order valence-electron chi connectivity index (χ4n) is 8.36. The van der Waals surface area contributed by atoms with Gasteiger partial charge >= 0.3 is 0 Å². The van der Waals surface area contributed by atoms with Crippen LogP contribution in [0, 0.1) is 0 Å². The van der Waals surface area contributed by atoms with E-state index in [4.69, 9.17) is 19.4 Å². The van der Waals surface area contributed by atoms with Crippen molar-refractivity contribution in [1.82, 2.24) is 19.5 Å². The third kappa shape index (κ3) is 5.36. The van der Waals surface area contributed by atoms with E-state index in [1.807, 2.05) is 72.8 Å². The first-order valence-corrected chi connectivity index (χ1v) is 19.1. The van der Waals surface area contributed by atoms with Gasteiger partial charge in [0, 0.05) is 49.8 Å². The maximum Gasteiger partial charge on any atom is 0.164 e. The number of nitrogens with zero attached hydrogens (tertiary/aromatic N) is 4. The molecule has 56 heavy (non-hydrogen) atoms. The van der Waals surface area contributed by atoms with E-state index in [2.05, 4.69) is 120 Å². The van der Waals surface area contributed by atoms with Gasteiger partial charge in [0.05, 0.1) is 11.0 Å². The Hall–Kier alpha value is -7.37. The SMILES string of the molecule is C1=CCC(c2cccc3c4cc(-c5cccc6oc7ccc(-c8nc(-c9ccccc9)nc(-c9ccccc9)n8)cc7c56)ccc4n(-c4ccccc4)c23)C=C1. The number of para-hydroxylation sites is 2. The second-order valence-electron chi connectivity index (χ2n) is 14.3. The summed E-state index contributed by atoms with van der Waals surface area (Å²) in [6.45, 7) is 0. The van der Waals surface area contributed by atoms with Crippen molar-refractivity contribution in [1.29, 1.82) is 0 Å². The molecule has 3 heterocycles. The molecule has 11 rings (SSSR count). The van der Waals surface area contributed by atoms with Crippen LogP contribution in [0.2, 0.25) is 0 Å². The summed E-state index contributed by atoms with van der Waals surface area (Å²) >= 11 is 0. The van der Waals surface area contributed by atoms with Crippen LogP contribution in [-0.4, -0.2) is 19.5 Å². The van der Waals surface area contributed by atoms with Crippen molar-refractivity contribution in [2.45, 2.75) is 12.3 Å². The molecule has 0 fully saturated rings. The maximum absolute atomic E-state index is 6.52. The second-order valence-corrected chi connectivity index (χ2v) is 14.3. The van der Waals surface area contributed by atoms with Gasteiger partial charge in [0.15, 0.2) is 17.5 Å². The Kier molecular flexibility index (Phi) is 7.56. The van der Waals surface area contributed by atoms with Gasteiger partial charge in [0.2, 0.25) is 0 Å². The zero-order valence-corrected chi connectivity index (χ0v) is 30.4. The Morgan fingerprint density at radius 2 is 1.16 bits per heavy atom. The normalized spacial score (nSPS) is 14.0. The van der Waals surface area contributed by atoms with E-state index >= 15 is 0 Å². The smallest absolute Gasteiger partial charge is 0.164 e. The quantitative estimate of drug-likeness (QED) is 0.172. The summed E-state index contributed by atoms with van der Waals surface area (Å²) in [6.07, 6.45) is 9.90. The highest BCUT2D eigenvalue weighted by atomic mass is 16.3. The minimum Gasteiger partial charge on any atom is -0.456 e. The Labute approximate surface area is 323 Å². The fourth-order valence-corrected chi connectivity index (χ4v) is 8.36. The van der Waals surface area contributed by atoms with Crippen LogP contribution in [0.15, 0.2) is 193 Å². The molecule has 0 bridgehead atoms. The lowest BCUT2D eigenvalue weighted by Gasteiger charge is -2.17. The largest absolute Gasteiger partial charge is 0.456 e. The summed E-state index contributed by atoms with van der Waals surface area (Å²) in [4.78, 5) is 14.9. The van der Waals surface area contributed by atoms with Crippen molar-refractivity contribution < 1.29 is 4.42 Å². The molecular formula is C51H34N4O. The molecular weight excluding hydrogens is 685 g/mol. The molecule has 10 aromatic rings. The van der Waals surface area contributed by atoms with Gasteiger partial charge in [-0.3, -0.25) is 0 Å². The van der Waals surface area contributed by atoms with Gasteiger partial charge < -0.3 is 8.98 Å². The number of rotatable bonds is 6. The molecule has 0 spiro atoms. The highest BCUT2D eigenvalue weighted by molar-refractivity contribution is 6.16. The minimum atomic E-state index is 0.312. The number of furan rings is 1. The maximum atomic E-state index is 6.52. The Morgan fingerprint density at radius 3 is 1.88 bits per heavy atom. The molecule has 5 nitrogen and oxygen atoms in total. The van der Waals surface area contributed by atoms with Crippen molar-refractivity contribution in [2.24, 2.45) is 0 Å². The van der Waals surface area contributed by atoms with Crippen LogP contribution in [0.25, 0.3) is 94.7 Å². The molecule has 0 aliphatic heterocycles. The molecule has 3 aromatic heterocycles. The van der Waals surface area contributed by atoms with Gasteiger partial charge in [0.25, 0.3) is 0 Å². The highest BCUT2D eigenvalue weighted by Crippen LogP contribution is 2.43. The number of hydrogen-bond donors (Lipinski definition) is 0. The van der Waals surface area contributed by atoms with E-state index in [9.17, 15) is 0 Å². The Bertz CT molecular complexity index is 3100. The Balaban J connectivity index is 1.10. The molecule has 1 unspecified atom stereocenters. The minimum absolute atomic E-state index is 0.312. The van der Waals surface area contributed by atoms with Crippen LogP contribution < -0.4 is 0 Å². The predicted molar refractivity (Wildman–Crippen MR) is 229 cm³/mol. The summed E-state index contributed by atoms with van der Waals surface area (Å²) < 4.78 is 8.97. The van der Waals surface area contributed by atoms with Crippen LogP contribution in [0.1, 0.15) is 17.9 Å². The molecule has 0 radical (unpaired) electrons. The van der Waals surface area contributed by atoms with E-state index in [0.717, 1.165) is 61.9 Å². The van der Waals surface area contributed by atoms with E-state index in [-0.39, 0.29) is 0 Å². The van der Waals surface area contributed by atoms with Crippen molar-refractivity contribution >= 4 is 43.7 Å². The molecule has 0 N–H and O–H groups in total. The summed E-state index contributed by atoms with van der Waals surface area (Å²) in [6, 6.07) is 57.2. The van der Waals surface area contributed by atoms with E-state index in [1.165, 1.54) is 27.4 Å². The monoisotopic (exact) mass is 718 g/mol. The first-order chi connectivity index (χ1) is 27.8. The van der Waals surface area contributed by atoms with Crippen molar-refractivity contribution in [3.05, 3.63) is 194 Å². The van der Waals surface area contributed by atoms with E-state index in [0.29, 0.717) is 23.4 Å². The average molecular weight is 719 g/mol. The summed E-state index contributed by atoms with van der Waals surface area (Å²) in [5.74, 6) is 2.19. The summed E-state index contributed by atoms with van der Waals surface area (Å²) in [5.41, 5.74) is 11.6. The van der Waals surface area contributed by atoms with Gasteiger partial charge in [0.1, 0.15) is 11.2 Å². The molecule has 7 aromatic carbocycles. The number of hydrogen-bond acceptors (Lipinski definition) is 4. The van der Waals surface area contributed by atoms with Crippen LogP contribution >= 0.6 is 0 Å². The van der Waals surface area contributed by atoms with Crippen LogP contribution in [0.3, 0.4) is 0 Å². The van der Waals surface area contributed by atoms with Gasteiger partial charge in [-0.05, 0) is 71.6 Å². The van der Waals surface area contributed by atoms with Crippen LogP contribution in [-0.2, 0) is 0 Å². The lowest BCUT2D eigenvalue weighted by atomic mass is 9.90. The third-order valence-corrected chi connectivity index (χ3v) is 11.0. The van der Waals surface area contributed by atoms with Crippen molar-refractivity contribution in [2.75, 3.05) is 0 Å². The number of allylic oxidation sites excluding steroid dienone is 4. The van der Waals surface area contributed by atoms with Gasteiger partial charge in [-0.2, -0.15) is 0 Å². The van der Waals surface area contributed by atoms with E-state index < -0.39 is 0 Å². The molecule has 5 heteroatoms. The number of fused-ring (bicyclic) bond motifs is 6. The summed E-state index contributed by atoms with van der Waals surface area (Å²) in [5, 5.41) is 4.55. The predicted octanol–water partition coefficient (Wildman–Crippen LogP) is 13.1. The Morgan fingerprint density at radius 1 is 0.500 bits per heavy atom. The standard InChI is InChI=1S/C51H34N4O/c1-5-15-33(16-6-1)40-24-13-25-41-42-31-36(27-29-44(42)55(48(40)41)38-21-11-4-12-22-38)39-23-14-26-46-47(39)43-32-37(28-30-45(43)56-46)51-53-49(34-17-7-2-8-18-34)52-50(54-51)35-19-9-3-10-20-35/h1-15,17-33H,16H2. The van der Waals surface area contributed by atoms with Crippen molar-refractivity contribution in [3.8, 4) is 51.0 Å². The average Bonchev–Trinajstić information content (AvgIpc) is 3.83. The van der Waals surface area contributed by atoms with Gasteiger partial charge in [-0.15, -0.1) is 0 Å². The lowest BCUT2D eigenvalue weighted by Crippen LogP contribution is -2.01. The fraction of sp³-hybridized carbons (Fsp3) is 0.0392. The topological polar surface area (TPSA) is 56.7 Å². The molecule has 264 valence electrons. The first kappa shape index (κ1) is 32.1. The van der Waals surface area contributed by atoms with Crippen molar-refractivity contribution in [3.63, 3.8) is 0 Å². The van der Waals surface area contributed by atoms with Crippen LogP contribution in [0.4, 0.5) is 0 Å². The second kappa shape index (κ2) is 13.2. The first-order valence-electron chi connectivity index (χ1n) is 19.1. The molecule has 1 aliphatic carbocycles. The highest BCUT2D eigenvalue weighted by Gasteiger charge is 2.22. The van der Waals surface area contributed by atoms with Crippen LogP contribution in [0.5, 0.6) is 0 Å². The number of benzene rings is 7. The third-order valence-electron chi connectivity index (χ3n) is 11.0. The van der Waals surface area contributed by atoms with E-state index in [1.54, 1.807) is 0 Å². The molecule has 1 aliphatic rings. The van der Waals surface area contributed by atoms with Gasteiger partial charge in [-0.25, -0.2) is 15.0 Å². The van der Waals surface area contributed by atoms with Gasteiger partial charge in [-0.1, -0.05) is 140 Å². The zero-order chi connectivity index (χ0) is 37.0. The molecule has 0 saturated heterocycles. The zero-order valence-electron chi connectivity index (χ0n) is 30.4. The molecule has 0 saturated carbocycles. The lowest BCUT2D eigenvalue weighted by molar-refractivity contribution is 0.669. The molecule has 1 atom stereocenters.